The van der Waals surface area contributed by atoms with Crippen molar-refractivity contribution in [2.45, 2.75) is 46.1 Å². The summed E-state index contributed by atoms with van der Waals surface area (Å²) >= 11 is 0. The molecule has 1 saturated heterocycles. The average molecular weight is 377 g/mol. The van der Waals surface area contributed by atoms with Gasteiger partial charge in [-0.3, -0.25) is 0 Å². The van der Waals surface area contributed by atoms with Gasteiger partial charge in [0.15, 0.2) is 5.65 Å². The number of nitrogens with zero attached hydrogens (tertiary/aromatic N) is 4. The van der Waals surface area contributed by atoms with Crippen LogP contribution >= 0.6 is 0 Å². The number of aryl methyl sites for hydroxylation is 3. The van der Waals surface area contributed by atoms with Gasteiger partial charge in [0.2, 0.25) is 0 Å². The second-order valence-electron chi connectivity index (χ2n) is 7.71. The third-order valence-corrected chi connectivity index (χ3v) is 5.29. The largest absolute Gasteiger partial charge is 0.324 e. The molecule has 0 radical (unpaired) electrons. The van der Waals surface area contributed by atoms with Crippen LogP contribution in [0.1, 0.15) is 42.6 Å². The summed E-state index contributed by atoms with van der Waals surface area (Å²) in [4.78, 5) is 24.0. The first kappa shape index (κ1) is 18.5. The van der Waals surface area contributed by atoms with Crippen molar-refractivity contribution in [1.82, 2.24) is 19.4 Å². The van der Waals surface area contributed by atoms with Gasteiger partial charge >= 0.3 is 6.03 Å². The van der Waals surface area contributed by atoms with E-state index in [-0.39, 0.29) is 11.9 Å². The molecule has 0 aliphatic carbocycles. The highest BCUT2D eigenvalue weighted by atomic mass is 16.2. The molecule has 1 aromatic carbocycles. The summed E-state index contributed by atoms with van der Waals surface area (Å²) in [5, 5.41) is 3.05. The lowest BCUT2D eigenvalue weighted by Gasteiger charge is -2.18. The molecule has 0 saturated carbocycles. The number of aromatic nitrogens is 3. The van der Waals surface area contributed by atoms with E-state index in [4.69, 9.17) is 4.98 Å². The molecular formula is C22H27N5O. The van der Waals surface area contributed by atoms with Gasteiger partial charge in [-0.05, 0) is 62.1 Å². The highest BCUT2D eigenvalue weighted by Crippen LogP contribution is 2.29. The zero-order valence-corrected chi connectivity index (χ0v) is 16.8. The number of imidazole rings is 1. The predicted molar refractivity (Wildman–Crippen MR) is 112 cm³/mol. The van der Waals surface area contributed by atoms with Crippen LogP contribution in [0.2, 0.25) is 0 Å². The van der Waals surface area contributed by atoms with Crippen LogP contribution in [0, 0.1) is 13.8 Å². The Morgan fingerprint density at radius 3 is 2.79 bits per heavy atom. The molecule has 1 atom stereocenters. The quantitative estimate of drug-likeness (QED) is 0.729. The first-order chi connectivity index (χ1) is 13.5. The fourth-order valence-corrected chi connectivity index (χ4v) is 4.14. The van der Waals surface area contributed by atoms with E-state index in [1.807, 2.05) is 49.2 Å². The highest BCUT2D eigenvalue weighted by Gasteiger charge is 2.31. The van der Waals surface area contributed by atoms with Crippen molar-refractivity contribution < 1.29 is 4.79 Å². The molecule has 3 heterocycles. The number of hydrogen-bond acceptors (Lipinski definition) is 3. The zero-order chi connectivity index (χ0) is 19.7. The Bertz CT molecular complexity index is 989. The van der Waals surface area contributed by atoms with Gasteiger partial charge in [0, 0.05) is 37.4 Å². The second kappa shape index (κ2) is 7.62. The first-order valence-electron chi connectivity index (χ1n) is 10.0. The van der Waals surface area contributed by atoms with Crippen molar-refractivity contribution >= 4 is 22.9 Å². The van der Waals surface area contributed by atoms with Crippen LogP contribution in [0.3, 0.4) is 0 Å². The lowest BCUT2D eigenvalue weighted by atomic mass is 10.1. The fourth-order valence-electron chi connectivity index (χ4n) is 4.14. The summed E-state index contributed by atoms with van der Waals surface area (Å²) in [6, 6.07) is 10.0. The van der Waals surface area contributed by atoms with Gasteiger partial charge in [-0.25, -0.2) is 14.8 Å². The minimum Gasteiger partial charge on any atom is -0.324 e. The van der Waals surface area contributed by atoms with Crippen molar-refractivity contribution in [1.29, 1.82) is 0 Å². The second-order valence-corrected chi connectivity index (χ2v) is 7.71. The van der Waals surface area contributed by atoms with E-state index >= 15 is 0 Å². The number of fused-ring (bicyclic) bond motifs is 1. The van der Waals surface area contributed by atoms with Gasteiger partial charge in [-0.15, -0.1) is 0 Å². The number of carbonyl (C=O) groups excluding carboxylic acids is 1. The molecule has 1 aliphatic rings. The van der Waals surface area contributed by atoms with Gasteiger partial charge in [0.25, 0.3) is 0 Å². The maximum absolute atomic E-state index is 12.8. The number of nitrogens with one attached hydrogen (secondary N) is 1. The lowest BCUT2D eigenvalue weighted by molar-refractivity contribution is 0.222. The summed E-state index contributed by atoms with van der Waals surface area (Å²) in [6.45, 7) is 8.57. The van der Waals surface area contributed by atoms with Crippen molar-refractivity contribution in [3.8, 4) is 0 Å². The number of anilines is 1. The third kappa shape index (κ3) is 3.59. The van der Waals surface area contributed by atoms with E-state index in [9.17, 15) is 4.79 Å². The molecule has 28 heavy (non-hydrogen) atoms. The first-order valence-corrected chi connectivity index (χ1v) is 10.0. The molecule has 1 fully saturated rings. The summed E-state index contributed by atoms with van der Waals surface area (Å²) in [6.07, 6.45) is 3.77. The number of pyridine rings is 1. The topological polar surface area (TPSA) is 63.1 Å². The molecule has 1 aliphatic heterocycles. The number of urea groups is 1. The molecule has 0 bridgehead atoms. The Kier molecular flexibility index (Phi) is 5.03. The SMILES string of the molecule is CCCn1c(C2CCN(C(=O)Nc3cc(C)cc(C)c3)C2)nc2cccnc21. The maximum Gasteiger partial charge on any atom is 0.321 e. The van der Waals surface area contributed by atoms with Gasteiger partial charge in [-0.2, -0.15) is 0 Å². The predicted octanol–water partition coefficient (Wildman–Crippen LogP) is 4.48. The molecule has 0 spiro atoms. The zero-order valence-electron chi connectivity index (χ0n) is 16.8. The monoisotopic (exact) mass is 377 g/mol. The molecule has 1 unspecified atom stereocenters. The fraction of sp³-hybridized carbons (Fsp3) is 0.409. The Morgan fingerprint density at radius 1 is 1.25 bits per heavy atom. The molecule has 146 valence electrons. The Balaban J connectivity index is 1.51. The van der Waals surface area contributed by atoms with Crippen molar-refractivity contribution in [3.63, 3.8) is 0 Å². The summed E-state index contributed by atoms with van der Waals surface area (Å²) in [5.74, 6) is 1.29. The smallest absolute Gasteiger partial charge is 0.321 e. The van der Waals surface area contributed by atoms with Crippen molar-refractivity contribution in [3.05, 3.63) is 53.5 Å². The highest BCUT2D eigenvalue weighted by molar-refractivity contribution is 5.89. The van der Waals surface area contributed by atoms with Crippen LogP contribution in [0.4, 0.5) is 10.5 Å². The molecule has 1 N–H and O–H groups in total. The van der Waals surface area contributed by atoms with E-state index in [1.165, 1.54) is 0 Å². The van der Waals surface area contributed by atoms with Gasteiger partial charge in [0.1, 0.15) is 11.3 Å². The van der Waals surface area contributed by atoms with E-state index in [2.05, 4.69) is 27.9 Å². The summed E-state index contributed by atoms with van der Waals surface area (Å²) in [5.41, 5.74) is 5.03. The molecule has 2 amide bonds. The summed E-state index contributed by atoms with van der Waals surface area (Å²) in [7, 11) is 0. The lowest BCUT2D eigenvalue weighted by Crippen LogP contribution is -2.33. The van der Waals surface area contributed by atoms with Crippen LogP contribution in [-0.2, 0) is 6.54 Å². The molecular weight excluding hydrogens is 350 g/mol. The van der Waals surface area contributed by atoms with Crippen LogP contribution < -0.4 is 5.32 Å². The van der Waals surface area contributed by atoms with Crippen LogP contribution in [0.25, 0.3) is 11.2 Å². The van der Waals surface area contributed by atoms with Crippen molar-refractivity contribution in [2.24, 2.45) is 0 Å². The number of hydrogen-bond donors (Lipinski definition) is 1. The third-order valence-electron chi connectivity index (χ3n) is 5.29. The normalized spacial score (nSPS) is 16.7. The van der Waals surface area contributed by atoms with Gasteiger partial charge in [0.05, 0.1) is 0 Å². The number of carbonyl (C=O) groups is 1. The molecule has 2 aromatic heterocycles. The molecule has 6 heteroatoms. The number of amides is 2. The van der Waals surface area contributed by atoms with E-state index in [1.54, 1.807) is 0 Å². The Morgan fingerprint density at radius 2 is 2.04 bits per heavy atom. The molecule has 3 aromatic rings. The van der Waals surface area contributed by atoms with Crippen LogP contribution in [0.5, 0.6) is 0 Å². The van der Waals surface area contributed by atoms with E-state index in [0.717, 1.165) is 59.7 Å². The molecule has 4 rings (SSSR count). The Hall–Kier alpha value is -2.89. The maximum atomic E-state index is 12.8. The molecule has 6 nitrogen and oxygen atoms in total. The number of benzene rings is 1. The van der Waals surface area contributed by atoms with Crippen molar-refractivity contribution in [2.75, 3.05) is 18.4 Å². The van der Waals surface area contributed by atoms with E-state index in [0.29, 0.717) is 6.54 Å². The van der Waals surface area contributed by atoms with Crippen LogP contribution in [0.15, 0.2) is 36.5 Å². The van der Waals surface area contributed by atoms with Gasteiger partial charge < -0.3 is 14.8 Å². The average Bonchev–Trinajstić information content (AvgIpc) is 3.26. The van der Waals surface area contributed by atoms with E-state index < -0.39 is 0 Å². The summed E-state index contributed by atoms with van der Waals surface area (Å²) < 4.78 is 2.23. The minimum atomic E-state index is -0.0382. The number of rotatable bonds is 4. The Labute approximate surface area is 165 Å². The van der Waals surface area contributed by atoms with Crippen LogP contribution in [-0.4, -0.2) is 38.6 Å². The standard InChI is InChI=1S/C22H27N5O/c1-4-9-27-20(25-19-6-5-8-23-21(19)27)17-7-10-26(14-17)22(28)24-18-12-15(2)11-16(3)13-18/h5-6,8,11-13,17H,4,7,9-10,14H2,1-3H3,(H,24,28). The number of likely N-dealkylation sites (tertiary alicyclic amines) is 1. The van der Waals surface area contributed by atoms with Gasteiger partial charge in [-0.1, -0.05) is 13.0 Å². The minimum absolute atomic E-state index is 0.0382.